The first-order valence-corrected chi connectivity index (χ1v) is 8.80. The molecule has 0 saturated heterocycles. The number of nitrogens with one attached hydrogen (secondary N) is 1. The molecule has 0 fully saturated rings. The molecule has 1 unspecified atom stereocenters. The van der Waals surface area contributed by atoms with Crippen LogP contribution in [0.1, 0.15) is 84.0 Å². The molecular weight excluding hydrogens is 250 g/mol. The van der Waals surface area contributed by atoms with Crippen molar-refractivity contribution < 1.29 is 10.2 Å². The lowest BCUT2D eigenvalue weighted by atomic mass is 10.0. The minimum absolute atomic E-state index is 0.148. The quantitative estimate of drug-likeness (QED) is 0.380. The lowest BCUT2D eigenvalue weighted by Crippen LogP contribution is -2.34. The topological polar surface area (TPSA) is 52.5 Å². The van der Waals surface area contributed by atoms with Crippen LogP contribution in [0.15, 0.2) is 0 Å². The maximum atomic E-state index is 9.17. The van der Waals surface area contributed by atoms with Crippen molar-refractivity contribution in [3.05, 3.63) is 0 Å². The van der Waals surface area contributed by atoms with Crippen LogP contribution in [0.25, 0.3) is 0 Å². The Morgan fingerprint density at radius 3 is 1.70 bits per heavy atom. The SMILES string of the molecule is CCCCCCCCCCCCCC(CO)NCCO. The van der Waals surface area contributed by atoms with Gasteiger partial charge in [-0.2, -0.15) is 0 Å². The summed E-state index contributed by atoms with van der Waals surface area (Å²) in [6.07, 6.45) is 15.9. The van der Waals surface area contributed by atoms with Crippen molar-refractivity contribution in [3.63, 3.8) is 0 Å². The summed E-state index contributed by atoms with van der Waals surface area (Å²) < 4.78 is 0. The van der Waals surface area contributed by atoms with Crippen molar-refractivity contribution in [2.45, 2.75) is 90.0 Å². The molecule has 1 atom stereocenters. The normalized spacial score (nSPS) is 12.8. The minimum Gasteiger partial charge on any atom is -0.395 e. The molecule has 0 radical (unpaired) electrons. The molecule has 3 N–H and O–H groups in total. The Kier molecular flexibility index (Phi) is 16.8. The van der Waals surface area contributed by atoms with Crippen molar-refractivity contribution in [2.24, 2.45) is 0 Å². The van der Waals surface area contributed by atoms with Crippen molar-refractivity contribution >= 4 is 0 Å². The summed E-state index contributed by atoms with van der Waals surface area (Å²) in [5.41, 5.74) is 0. The Balaban J connectivity index is 3.15. The molecule has 0 saturated carbocycles. The van der Waals surface area contributed by atoms with Crippen molar-refractivity contribution in [1.82, 2.24) is 5.32 Å². The van der Waals surface area contributed by atoms with E-state index < -0.39 is 0 Å². The highest BCUT2D eigenvalue weighted by molar-refractivity contribution is 4.65. The van der Waals surface area contributed by atoms with Gasteiger partial charge < -0.3 is 15.5 Å². The molecule has 3 heteroatoms. The zero-order valence-corrected chi connectivity index (χ0v) is 13.6. The van der Waals surface area contributed by atoms with E-state index in [2.05, 4.69) is 12.2 Å². The highest BCUT2D eigenvalue weighted by atomic mass is 16.3. The maximum Gasteiger partial charge on any atom is 0.0584 e. The lowest BCUT2D eigenvalue weighted by molar-refractivity contribution is 0.217. The molecule has 0 bridgehead atoms. The fourth-order valence-corrected chi connectivity index (χ4v) is 2.58. The molecule has 0 aliphatic heterocycles. The maximum absolute atomic E-state index is 9.17. The summed E-state index contributed by atoms with van der Waals surface area (Å²) in [5.74, 6) is 0. The standard InChI is InChI=1S/C17H37NO2/c1-2-3-4-5-6-7-8-9-10-11-12-13-17(16-20)18-14-15-19/h17-20H,2-16H2,1H3. The van der Waals surface area contributed by atoms with E-state index in [1.54, 1.807) is 0 Å². The van der Waals surface area contributed by atoms with Crippen molar-refractivity contribution in [1.29, 1.82) is 0 Å². The van der Waals surface area contributed by atoms with Gasteiger partial charge in [-0.3, -0.25) is 0 Å². The summed E-state index contributed by atoms with van der Waals surface area (Å²) in [6.45, 7) is 3.18. The average molecular weight is 287 g/mol. The van der Waals surface area contributed by atoms with Crippen LogP contribution in [-0.4, -0.2) is 36.0 Å². The molecule has 0 aromatic heterocycles. The Bertz CT molecular complexity index is 176. The second-order valence-corrected chi connectivity index (χ2v) is 5.88. The monoisotopic (exact) mass is 287 g/mol. The van der Waals surface area contributed by atoms with E-state index in [0.717, 1.165) is 6.42 Å². The number of rotatable bonds is 16. The Morgan fingerprint density at radius 2 is 1.25 bits per heavy atom. The third-order valence-corrected chi connectivity index (χ3v) is 3.92. The summed E-state index contributed by atoms with van der Waals surface area (Å²) in [6, 6.07) is 0.167. The van der Waals surface area contributed by atoms with Gasteiger partial charge in [-0.15, -0.1) is 0 Å². The molecule has 3 nitrogen and oxygen atoms in total. The molecular formula is C17H37NO2. The fourth-order valence-electron chi connectivity index (χ4n) is 2.58. The molecule has 0 aromatic carbocycles. The number of aliphatic hydroxyl groups excluding tert-OH is 2. The molecule has 0 aromatic rings. The molecule has 0 heterocycles. The number of unbranched alkanes of at least 4 members (excludes halogenated alkanes) is 10. The highest BCUT2D eigenvalue weighted by Gasteiger charge is 2.05. The molecule has 0 aliphatic rings. The Labute approximate surface area is 126 Å². The summed E-state index contributed by atoms with van der Waals surface area (Å²) >= 11 is 0. The van der Waals surface area contributed by atoms with E-state index in [4.69, 9.17) is 10.2 Å². The van der Waals surface area contributed by atoms with Gasteiger partial charge in [-0.05, 0) is 6.42 Å². The molecule has 20 heavy (non-hydrogen) atoms. The molecule has 0 aliphatic carbocycles. The van der Waals surface area contributed by atoms with Crippen LogP contribution in [0.3, 0.4) is 0 Å². The summed E-state index contributed by atoms with van der Waals surface area (Å²) in [7, 11) is 0. The van der Waals surface area contributed by atoms with Crippen LogP contribution < -0.4 is 5.32 Å². The summed E-state index contributed by atoms with van der Waals surface area (Å²) in [4.78, 5) is 0. The second-order valence-electron chi connectivity index (χ2n) is 5.88. The van der Waals surface area contributed by atoms with Gasteiger partial charge in [0.05, 0.1) is 13.2 Å². The highest BCUT2D eigenvalue weighted by Crippen LogP contribution is 2.12. The van der Waals surface area contributed by atoms with E-state index in [1.807, 2.05) is 0 Å². The number of hydrogen-bond donors (Lipinski definition) is 3. The lowest BCUT2D eigenvalue weighted by Gasteiger charge is -2.15. The van der Waals surface area contributed by atoms with E-state index in [0.29, 0.717) is 6.54 Å². The Hall–Kier alpha value is -0.120. The van der Waals surface area contributed by atoms with Gasteiger partial charge in [0, 0.05) is 12.6 Å². The second kappa shape index (κ2) is 16.9. The van der Waals surface area contributed by atoms with Gasteiger partial charge in [-0.1, -0.05) is 77.6 Å². The van der Waals surface area contributed by atoms with Gasteiger partial charge >= 0.3 is 0 Å². The third-order valence-electron chi connectivity index (χ3n) is 3.92. The first kappa shape index (κ1) is 19.9. The minimum atomic E-state index is 0.148. The van der Waals surface area contributed by atoms with Gasteiger partial charge in [-0.25, -0.2) is 0 Å². The zero-order chi connectivity index (χ0) is 14.9. The molecule has 122 valence electrons. The first-order valence-electron chi connectivity index (χ1n) is 8.80. The van der Waals surface area contributed by atoms with Crippen LogP contribution in [0.4, 0.5) is 0 Å². The van der Waals surface area contributed by atoms with E-state index >= 15 is 0 Å². The van der Waals surface area contributed by atoms with Gasteiger partial charge in [0.15, 0.2) is 0 Å². The van der Waals surface area contributed by atoms with Crippen LogP contribution >= 0.6 is 0 Å². The van der Waals surface area contributed by atoms with Gasteiger partial charge in [0.2, 0.25) is 0 Å². The molecule has 0 amide bonds. The fraction of sp³-hybridized carbons (Fsp3) is 1.00. The summed E-state index contributed by atoms with van der Waals surface area (Å²) in [5, 5.41) is 21.1. The smallest absolute Gasteiger partial charge is 0.0584 e. The average Bonchev–Trinajstić information content (AvgIpc) is 2.48. The van der Waals surface area contributed by atoms with Crippen LogP contribution in [0.2, 0.25) is 0 Å². The van der Waals surface area contributed by atoms with Gasteiger partial charge in [0.1, 0.15) is 0 Å². The molecule has 0 rings (SSSR count). The van der Waals surface area contributed by atoms with Gasteiger partial charge in [0.25, 0.3) is 0 Å². The van der Waals surface area contributed by atoms with Crippen LogP contribution in [-0.2, 0) is 0 Å². The first-order chi connectivity index (χ1) is 9.85. The number of aliphatic hydroxyl groups is 2. The number of hydrogen-bond acceptors (Lipinski definition) is 3. The van der Waals surface area contributed by atoms with Crippen molar-refractivity contribution in [3.8, 4) is 0 Å². The zero-order valence-electron chi connectivity index (χ0n) is 13.6. The van der Waals surface area contributed by atoms with E-state index in [9.17, 15) is 0 Å². The Morgan fingerprint density at radius 1 is 0.750 bits per heavy atom. The van der Waals surface area contributed by atoms with Crippen LogP contribution in [0, 0.1) is 0 Å². The predicted octanol–water partition coefficient (Wildman–Crippen LogP) is 3.63. The predicted molar refractivity (Wildman–Crippen MR) is 87.0 cm³/mol. The van der Waals surface area contributed by atoms with Crippen LogP contribution in [0.5, 0.6) is 0 Å². The van der Waals surface area contributed by atoms with E-state index in [-0.39, 0.29) is 19.3 Å². The molecule has 0 spiro atoms. The third kappa shape index (κ3) is 14.3. The largest absolute Gasteiger partial charge is 0.395 e. The van der Waals surface area contributed by atoms with Crippen molar-refractivity contribution in [2.75, 3.05) is 19.8 Å². The van der Waals surface area contributed by atoms with E-state index in [1.165, 1.54) is 70.6 Å².